The van der Waals surface area contributed by atoms with Crippen LogP contribution in [0.5, 0.6) is 0 Å². The van der Waals surface area contributed by atoms with Crippen LogP contribution in [0, 0.1) is 0 Å². The minimum Gasteiger partial charge on any atom is -0.452 e. The van der Waals surface area contributed by atoms with Crippen LogP contribution in [0.25, 0.3) is 0 Å². The summed E-state index contributed by atoms with van der Waals surface area (Å²) in [6.07, 6.45) is 4.53. The fraction of sp³-hybridized carbons (Fsp3) is 0.0769. The minimum atomic E-state index is -0.701. The van der Waals surface area contributed by atoms with Crippen LogP contribution in [0.15, 0.2) is 42.9 Å². The van der Waals surface area contributed by atoms with Crippen LogP contribution < -0.4 is 5.32 Å². The lowest BCUT2D eigenvalue weighted by Gasteiger charge is -2.06. The summed E-state index contributed by atoms with van der Waals surface area (Å²) in [6, 6.07) is 6.27. The molecule has 0 spiro atoms. The van der Waals surface area contributed by atoms with E-state index in [1.165, 1.54) is 24.7 Å². The predicted octanol–water partition coefficient (Wildman–Crippen LogP) is 1.93. The van der Waals surface area contributed by atoms with E-state index in [1.54, 1.807) is 18.2 Å². The number of hydrogen-bond acceptors (Lipinski definition) is 5. The number of hydrogen-bond donors (Lipinski definition) is 1. The van der Waals surface area contributed by atoms with Gasteiger partial charge >= 0.3 is 5.97 Å². The molecule has 0 atom stereocenters. The van der Waals surface area contributed by atoms with E-state index in [1.807, 2.05) is 0 Å². The Morgan fingerprint density at radius 3 is 2.65 bits per heavy atom. The maximum atomic E-state index is 11.7. The highest BCUT2D eigenvalue weighted by Gasteiger charge is 2.14. The molecule has 7 heteroatoms. The molecule has 2 rings (SSSR count). The number of carbonyl (C=O) groups is 2. The molecule has 0 saturated heterocycles. The first-order chi connectivity index (χ1) is 9.66. The van der Waals surface area contributed by atoms with Crippen LogP contribution >= 0.6 is 11.6 Å². The number of halogens is 1. The molecule has 0 saturated carbocycles. The number of pyridine rings is 2. The summed E-state index contributed by atoms with van der Waals surface area (Å²) < 4.78 is 4.85. The van der Waals surface area contributed by atoms with Gasteiger partial charge in [0.05, 0.1) is 5.56 Å². The molecule has 0 aliphatic carbocycles. The fourth-order valence-corrected chi connectivity index (χ4v) is 1.58. The highest BCUT2D eigenvalue weighted by Crippen LogP contribution is 2.12. The van der Waals surface area contributed by atoms with E-state index in [9.17, 15) is 9.59 Å². The lowest BCUT2D eigenvalue weighted by molar-refractivity contribution is -0.119. The normalized spacial score (nSPS) is 9.85. The molecule has 1 amide bonds. The quantitative estimate of drug-likeness (QED) is 0.687. The molecule has 1 N–H and O–H groups in total. The van der Waals surface area contributed by atoms with Gasteiger partial charge in [0.15, 0.2) is 6.61 Å². The maximum Gasteiger partial charge on any atom is 0.341 e. The zero-order chi connectivity index (χ0) is 14.4. The van der Waals surface area contributed by atoms with E-state index < -0.39 is 18.5 Å². The molecule has 0 aromatic carbocycles. The van der Waals surface area contributed by atoms with Crippen molar-refractivity contribution in [3.8, 4) is 0 Å². The van der Waals surface area contributed by atoms with Gasteiger partial charge in [0.2, 0.25) is 0 Å². The number of carbonyl (C=O) groups excluding carboxylic acids is 2. The molecular weight excluding hydrogens is 282 g/mol. The molecule has 6 nitrogen and oxygen atoms in total. The topological polar surface area (TPSA) is 81.2 Å². The van der Waals surface area contributed by atoms with Crippen molar-refractivity contribution >= 4 is 29.2 Å². The number of ether oxygens (including phenoxy) is 1. The van der Waals surface area contributed by atoms with E-state index >= 15 is 0 Å². The number of anilines is 1. The Labute approximate surface area is 119 Å². The molecule has 0 radical (unpaired) electrons. The summed E-state index contributed by atoms with van der Waals surface area (Å²) in [5.41, 5.74) is 0.686. The van der Waals surface area contributed by atoms with Gasteiger partial charge in [-0.1, -0.05) is 11.6 Å². The summed E-state index contributed by atoms with van der Waals surface area (Å²) in [4.78, 5) is 30.8. The standard InChI is InChI=1S/C13H10ClN3O3/c14-12-10(2-1-5-16-12)13(19)20-8-11(18)17-9-3-6-15-7-4-9/h1-7H,8H2,(H,15,17,18). The molecular formula is C13H10ClN3O3. The fourth-order valence-electron chi connectivity index (χ4n) is 1.38. The van der Waals surface area contributed by atoms with Gasteiger partial charge in [-0.05, 0) is 24.3 Å². The van der Waals surface area contributed by atoms with Crippen LogP contribution in [0.4, 0.5) is 5.69 Å². The van der Waals surface area contributed by atoms with Gasteiger partial charge in [0.1, 0.15) is 5.15 Å². The number of amides is 1. The predicted molar refractivity (Wildman–Crippen MR) is 72.4 cm³/mol. The van der Waals surface area contributed by atoms with E-state index in [-0.39, 0.29) is 10.7 Å². The second-order valence-corrected chi connectivity index (χ2v) is 4.06. The van der Waals surface area contributed by atoms with E-state index in [0.29, 0.717) is 5.69 Å². The van der Waals surface area contributed by atoms with Gasteiger partial charge in [-0.15, -0.1) is 0 Å². The van der Waals surface area contributed by atoms with Gasteiger partial charge < -0.3 is 10.1 Å². The molecule has 102 valence electrons. The summed E-state index contributed by atoms with van der Waals surface area (Å²) in [5, 5.41) is 2.59. The Bertz CT molecular complexity index is 619. The molecule has 2 aromatic heterocycles. The van der Waals surface area contributed by atoms with Crippen molar-refractivity contribution in [2.45, 2.75) is 0 Å². The molecule has 2 heterocycles. The van der Waals surface area contributed by atoms with Crippen molar-refractivity contribution in [2.24, 2.45) is 0 Å². The highest BCUT2D eigenvalue weighted by molar-refractivity contribution is 6.32. The van der Waals surface area contributed by atoms with Crippen molar-refractivity contribution in [3.63, 3.8) is 0 Å². The first kappa shape index (κ1) is 14.0. The minimum absolute atomic E-state index is 0.0343. The second kappa shape index (κ2) is 6.63. The van der Waals surface area contributed by atoms with Crippen LogP contribution in [-0.2, 0) is 9.53 Å². The second-order valence-electron chi connectivity index (χ2n) is 3.70. The summed E-state index contributed by atoms with van der Waals surface area (Å²) in [5.74, 6) is -1.16. The summed E-state index contributed by atoms with van der Waals surface area (Å²) in [7, 11) is 0. The maximum absolute atomic E-state index is 11.7. The van der Waals surface area contributed by atoms with Crippen LogP contribution in [0.1, 0.15) is 10.4 Å². The number of aromatic nitrogens is 2. The van der Waals surface area contributed by atoms with Gasteiger partial charge in [0.25, 0.3) is 5.91 Å². The van der Waals surface area contributed by atoms with Crippen LogP contribution in [0.3, 0.4) is 0 Å². The lowest BCUT2D eigenvalue weighted by atomic mass is 10.3. The number of nitrogens with zero attached hydrogens (tertiary/aromatic N) is 2. The molecule has 2 aromatic rings. The Morgan fingerprint density at radius 1 is 1.20 bits per heavy atom. The number of nitrogens with one attached hydrogen (secondary N) is 1. The van der Waals surface area contributed by atoms with Crippen molar-refractivity contribution < 1.29 is 14.3 Å². The number of esters is 1. The molecule has 0 aliphatic rings. The molecule has 0 aliphatic heterocycles. The lowest BCUT2D eigenvalue weighted by Crippen LogP contribution is -2.21. The summed E-state index contributed by atoms with van der Waals surface area (Å²) in [6.45, 7) is -0.410. The average molecular weight is 292 g/mol. The van der Waals surface area contributed by atoms with Gasteiger partial charge in [-0.2, -0.15) is 0 Å². The monoisotopic (exact) mass is 291 g/mol. The smallest absolute Gasteiger partial charge is 0.341 e. The third-order valence-electron chi connectivity index (χ3n) is 2.28. The van der Waals surface area contributed by atoms with E-state index in [4.69, 9.17) is 16.3 Å². The van der Waals surface area contributed by atoms with Crippen molar-refractivity contribution in [3.05, 3.63) is 53.6 Å². The zero-order valence-electron chi connectivity index (χ0n) is 10.2. The van der Waals surface area contributed by atoms with Crippen molar-refractivity contribution in [2.75, 3.05) is 11.9 Å². The average Bonchev–Trinajstić information content (AvgIpc) is 2.46. The first-order valence-corrected chi connectivity index (χ1v) is 6.02. The third-order valence-corrected chi connectivity index (χ3v) is 2.58. The van der Waals surface area contributed by atoms with Gasteiger partial charge in [0, 0.05) is 24.3 Å². The third kappa shape index (κ3) is 3.76. The molecule has 0 unspecified atom stereocenters. The summed E-state index contributed by atoms with van der Waals surface area (Å²) >= 11 is 5.74. The molecule has 20 heavy (non-hydrogen) atoms. The van der Waals surface area contributed by atoms with Gasteiger partial charge in [-0.3, -0.25) is 9.78 Å². The Kier molecular flexibility index (Phi) is 4.62. The van der Waals surface area contributed by atoms with Gasteiger partial charge in [-0.25, -0.2) is 9.78 Å². The SMILES string of the molecule is O=C(COC(=O)c1cccnc1Cl)Nc1ccncc1. The van der Waals surface area contributed by atoms with Crippen molar-refractivity contribution in [1.82, 2.24) is 9.97 Å². The molecule has 0 fully saturated rings. The van der Waals surface area contributed by atoms with Crippen molar-refractivity contribution in [1.29, 1.82) is 0 Å². The van der Waals surface area contributed by atoms with Crippen LogP contribution in [0.2, 0.25) is 5.15 Å². The largest absolute Gasteiger partial charge is 0.452 e. The molecule has 0 bridgehead atoms. The van der Waals surface area contributed by atoms with E-state index in [2.05, 4.69) is 15.3 Å². The Balaban J connectivity index is 1.88. The zero-order valence-corrected chi connectivity index (χ0v) is 11.0. The van der Waals surface area contributed by atoms with Crippen LogP contribution in [-0.4, -0.2) is 28.5 Å². The number of rotatable bonds is 4. The highest BCUT2D eigenvalue weighted by atomic mass is 35.5. The first-order valence-electron chi connectivity index (χ1n) is 5.64. The van der Waals surface area contributed by atoms with E-state index in [0.717, 1.165) is 0 Å². The Hall–Kier alpha value is -2.47. The Morgan fingerprint density at radius 2 is 1.95 bits per heavy atom.